The van der Waals surface area contributed by atoms with Gasteiger partial charge in [-0.05, 0) is 45.0 Å². The molecule has 0 bridgehead atoms. The Kier molecular flexibility index (Phi) is 5.77. The summed E-state index contributed by atoms with van der Waals surface area (Å²) in [6.45, 7) is 6.75. The van der Waals surface area contributed by atoms with Crippen LogP contribution in [0.2, 0.25) is 0 Å². The molecule has 5 heteroatoms. The number of piperazine rings is 1. The lowest BCUT2D eigenvalue weighted by molar-refractivity contribution is 0.151. The molecular formula is C18H26N4O. The number of nitrogens with zero attached hydrogens (tertiary/aromatic N) is 4. The first-order valence-corrected chi connectivity index (χ1v) is 8.56. The minimum atomic E-state index is 0.703. The Morgan fingerprint density at radius 3 is 2.70 bits per heavy atom. The summed E-state index contributed by atoms with van der Waals surface area (Å²) in [5.74, 6) is 0.703. The zero-order valence-corrected chi connectivity index (χ0v) is 13.9. The summed E-state index contributed by atoms with van der Waals surface area (Å²) in [5, 5.41) is 0.993. The fourth-order valence-electron chi connectivity index (χ4n) is 2.95. The molecule has 1 fully saturated rings. The van der Waals surface area contributed by atoms with Crippen LogP contribution in [0.15, 0.2) is 30.6 Å². The minimum Gasteiger partial charge on any atom is -0.477 e. The number of unbranched alkanes of at least 4 members (excludes halogenated alkanes) is 2. The van der Waals surface area contributed by atoms with Crippen molar-refractivity contribution >= 4 is 10.9 Å². The summed E-state index contributed by atoms with van der Waals surface area (Å²) in [6.07, 6.45) is 5.10. The standard InChI is InChI=1S/C18H26N4O/c1-21-10-12-22(13-11-21)9-5-2-6-14-23-18-16-7-3-4-8-17(16)19-15-20-18/h3-4,7-8,15H,2,5-6,9-14H2,1H3. The highest BCUT2D eigenvalue weighted by Crippen LogP contribution is 2.20. The van der Waals surface area contributed by atoms with Gasteiger partial charge in [0.1, 0.15) is 6.33 Å². The minimum absolute atomic E-state index is 0.703. The van der Waals surface area contributed by atoms with E-state index in [1.807, 2.05) is 24.3 Å². The van der Waals surface area contributed by atoms with Crippen molar-refractivity contribution in [1.82, 2.24) is 19.8 Å². The second kappa shape index (κ2) is 8.22. The van der Waals surface area contributed by atoms with Gasteiger partial charge in [-0.25, -0.2) is 9.97 Å². The average Bonchev–Trinajstić information content (AvgIpc) is 2.59. The van der Waals surface area contributed by atoms with E-state index in [0.717, 1.165) is 23.9 Å². The molecule has 0 saturated carbocycles. The van der Waals surface area contributed by atoms with E-state index in [2.05, 4.69) is 26.8 Å². The molecule has 1 aliphatic heterocycles. The highest BCUT2D eigenvalue weighted by Gasteiger charge is 2.12. The number of likely N-dealkylation sites (N-methyl/N-ethyl adjacent to an activating group) is 1. The second-order valence-electron chi connectivity index (χ2n) is 6.25. The molecule has 0 aliphatic carbocycles. The van der Waals surface area contributed by atoms with Gasteiger partial charge in [0, 0.05) is 26.2 Å². The molecule has 1 aliphatic rings. The maximum Gasteiger partial charge on any atom is 0.224 e. The number of rotatable bonds is 7. The molecule has 0 amide bonds. The van der Waals surface area contributed by atoms with E-state index in [1.165, 1.54) is 45.6 Å². The highest BCUT2D eigenvalue weighted by molar-refractivity contribution is 5.82. The Balaban J connectivity index is 1.35. The molecule has 1 aromatic carbocycles. The second-order valence-corrected chi connectivity index (χ2v) is 6.25. The summed E-state index contributed by atoms with van der Waals surface area (Å²) in [5.41, 5.74) is 0.938. The molecule has 0 atom stereocenters. The molecule has 1 aromatic heterocycles. The highest BCUT2D eigenvalue weighted by atomic mass is 16.5. The molecule has 0 radical (unpaired) electrons. The van der Waals surface area contributed by atoms with Crippen molar-refractivity contribution in [3.05, 3.63) is 30.6 Å². The molecule has 2 aromatic rings. The largest absolute Gasteiger partial charge is 0.477 e. The van der Waals surface area contributed by atoms with E-state index in [0.29, 0.717) is 5.88 Å². The zero-order chi connectivity index (χ0) is 15.9. The molecule has 1 saturated heterocycles. The summed E-state index contributed by atoms with van der Waals surface area (Å²) >= 11 is 0. The Hall–Kier alpha value is -1.72. The fraction of sp³-hybridized carbons (Fsp3) is 0.556. The van der Waals surface area contributed by atoms with Gasteiger partial charge >= 0.3 is 0 Å². The number of hydrogen-bond acceptors (Lipinski definition) is 5. The van der Waals surface area contributed by atoms with Crippen LogP contribution in [0.25, 0.3) is 10.9 Å². The predicted octanol–water partition coefficient (Wildman–Crippen LogP) is 2.43. The molecule has 0 N–H and O–H groups in total. The van der Waals surface area contributed by atoms with E-state index in [1.54, 1.807) is 6.33 Å². The first-order valence-electron chi connectivity index (χ1n) is 8.56. The number of para-hydroxylation sites is 1. The third-order valence-corrected chi connectivity index (χ3v) is 4.46. The van der Waals surface area contributed by atoms with Gasteiger partial charge in [0.15, 0.2) is 0 Å². The number of hydrogen-bond donors (Lipinski definition) is 0. The number of aromatic nitrogens is 2. The van der Waals surface area contributed by atoms with Crippen LogP contribution < -0.4 is 4.74 Å². The SMILES string of the molecule is CN1CCN(CCCCCOc2ncnc3ccccc23)CC1. The molecule has 5 nitrogen and oxygen atoms in total. The molecule has 124 valence electrons. The van der Waals surface area contributed by atoms with Crippen molar-refractivity contribution in [1.29, 1.82) is 0 Å². The van der Waals surface area contributed by atoms with Crippen molar-refractivity contribution < 1.29 is 4.74 Å². The molecular weight excluding hydrogens is 288 g/mol. The monoisotopic (exact) mass is 314 g/mol. The van der Waals surface area contributed by atoms with Crippen LogP contribution in [0.1, 0.15) is 19.3 Å². The smallest absolute Gasteiger partial charge is 0.224 e. The number of ether oxygens (including phenoxy) is 1. The van der Waals surface area contributed by atoms with Crippen LogP contribution in [0, 0.1) is 0 Å². The average molecular weight is 314 g/mol. The lowest BCUT2D eigenvalue weighted by Gasteiger charge is -2.32. The Labute approximate surface area is 138 Å². The van der Waals surface area contributed by atoms with E-state index >= 15 is 0 Å². The summed E-state index contributed by atoms with van der Waals surface area (Å²) < 4.78 is 5.85. The van der Waals surface area contributed by atoms with Crippen LogP contribution in [0.4, 0.5) is 0 Å². The van der Waals surface area contributed by atoms with Gasteiger partial charge in [-0.15, -0.1) is 0 Å². The Morgan fingerprint density at radius 1 is 1.00 bits per heavy atom. The Morgan fingerprint density at radius 2 is 1.83 bits per heavy atom. The van der Waals surface area contributed by atoms with Gasteiger partial charge in [-0.1, -0.05) is 12.1 Å². The molecule has 0 spiro atoms. The predicted molar refractivity (Wildman–Crippen MR) is 92.8 cm³/mol. The van der Waals surface area contributed by atoms with Gasteiger partial charge in [0.25, 0.3) is 0 Å². The third kappa shape index (κ3) is 4.62. The molecule has 3 rings (SSSR count). The summed E-state index contributed by atoms with van der Waals surface area (Å²) in [7, 11) is 2.20. The van der Waals surface area contributed by atoms with Gasteiger partial charge in [-0.3, -0.25) is 0 Å². The van der Waals surface area contributed by atoms with Gasteiger partial charge in [0.2, 0.25) is 5.88 Å². The first-order chi connectivity index (χ1) is 11.3. The maximum atomic E-state index is 5.85. The van der Waals surface area contributed by atoms with E-state index < -0.39 is 0 Å². The van der Waals surface area contributed by atoms with Gasteiger partial charge in [0.05, 0.1) is 17.5 Å². The van der Waals surface area contributed by atoms with Gasteiger partial charge < -0.3 is 14.5 Å². The lowest BCUT2D eigenvalue weighted by atomic mass is 10.2. The fourth-order valence-corrected chi connectivity index (χ4v) is 2.95. The van der Waals surface area contributed by atoms with Crippen molar-refractivity contribution in [2.24, 2.45) is 0 Å². The first kappa shape index (κ1) is 16.1. The van der Waals surface area contributed by atoms with Gasteiger partial charge in [-0.2, -0.15) is 0 Å². The molecule has 0 unspecified atom stereocenters. The molecule has 23 heavy (non-hydrogen) atoms. The maximum absolute atomic E-state index is 5.85. The lowest BCUT2D eigenvalue weighted by Crippen LogP contribution is -2.44. The van der Waals surface area contributed by atoms with E-state index in [9.17, 15) is 0 Å². The van der Waals surface area contributed by atoms with Crippen molar-refractivity contribution in [2.45, 2.75) is 19.3 Å². The van der Waals surface area contributed by atoms with Crippen LogP contribution >= 0.6 is 0 Å². The number of benzene rings is 1. The van der Waals surface area contributed by atoms with Crippen molar-refractivity contribution in [3.63, 3.8) is 0 Å². The van der Waals surface area contributed by atoms with Crippen LogP contribution in [0.3, 0.4) is 0 Å². The normalized spacial score (nSPS) is 16.7. The van der Waals surface area contributed by atoms with E-state index in [4.69, 9.17) is 4.74 Å². The third-order valence-electron chi connectivity index (χ3n) is 4.46. The van der Waals surface area contributed by atoms with Crippen molar-refractivity contribution in [3.8, 4) is 5.88 Å². The summed E-state index contributed by atoms with van der Waals surface area (Å²) in [6, 6.07) is 7.98. The zero-order valence-electron chi connectivity index (χ0n) is 13.9. The van der Waals surface area contributed by atoms with Crippen LogP contribution in [0.5, 0.6) is 5.88 Å². The summed E-state index contributed by atoms with van der Waals surface area (Å²) in [4.78, 5) is 13.5. The Bertz CT molecular complexity index is 605. The quantitative estimate of drug-likeness (QED) is 0.734. The topological polar surface area (TPSA) is 41.5 Å². The number of fused-ring (bicyclic) bond motifs is 1. The van der Waals surface area contributed by atoms with Crippen LogP contribution in [-0.4, -0.2) is 66.1 Å². The van der Waals surface area contributed by atoms with E-state index in [-0.39, 0.29) is 0 Å². The molecule has 2 heterocycles. The van der Waals surface area contributed by atoms with Crippen molar-refractivity contribution in [2.75, 3.05) is 46.4 Å². The van der Waals surface area contributed by atoms with Crippen LogP contribution in [-0.2, 0) is 0 Å².